The highest BCUT2D eigenvalue weighted by molar-refractivity contribution is 7.97. The van der Waals surface area contributed by atoms with Crippen LogP contribution in [-0.4, -0.2) is 13.4 Å². The maximum Gasteiger partial charge on any atom is 0.573 e. The molecule has 0 amide bonds. The summed E-state index contributed by atoms with van der Waals surface area (Å²) in [6.45, 7) is 0. The van der Waals surface area contributed by atoms with Crippen LogP contribution in [0.4, 0.5) is 13.2 Å². The number of hydrogen-bond donors (Lipinski definition) is 1. The highest BCUT2D eigenvalue weighted by Gasteiger charge is 2.31. The Hall–Kier alpha value is -0.880. The van der Waals surface area contributed by atoms with Gasteiger partial charge in [0.25, 0.3) is 0 Å². The zero-order valence-electron chi connectivity index (χ0n) is 7.26. The second-order valence-electron chi connectivity index (χ2n) is 2.30. The molecule has 0 unspecified atom stereocenters. The molecule has 0 aliphatic rings. The number of nitrogens with one attached hydrogen (secondary N) is 1. The van der Waals surface area contributed by atoms with E-state index in [2.05, 4.69) is 9.46 Å². The SMILES string of the molecule is CNSc1ccccc1OC(F)(F)F. The van der Waals surface area contributed by atoms with Crippen molar-refractivity contribution >= 4 is 11.9 Å². The number of halogens is 3. The standard InChI is InChI=1S/C8H8F3NOS/c1-12-14-7-5-3-2-4-6(7)13-8(9,10)11/h2-5,12H,1H3. The Balaban J connectivity index is 2.84. The minimum absolute atomic E-state index is 0.195. The van der Waals surface area contributed by atoms with Crippen molar-refractivity contribution in [2.75, 3.05) is 7.05 Å². The largest absolute Gasteiger partial charge is 0.573 e. The molecule has 1 N–H and O–H groups in total. The second-order valence-corrected chi connectivity index (χ2v) is 3.35. The average molecular weight is 223 g/mol. The molecule has 2 nitrogen and oxygen atoms in total. The van der Waals surface area contributed by atoms with Gasteiger partial charge in [-0.3, -0.25) is 4.72 Å². The monoisotopic (exact) mass is 223 g/mol. The quantitative estimate of drug-likeness (QED) is 0.796. The van der Waals surface area contributed by atoms with Crippen LogP contribution in [-0.2, 0) is 0 Å². The summed E-state index contributed by atoms with van der Waals surface area (Å²) in [5, 5.41) is 0. The van der Waals surface area contributed by atoms with Crippen molar-refractivity contribution < 1.29 is 17.9 Å². The Morgan fingerprint density at radius 3 is 2.50 bits per heavy atom. The molecule has 1 aromatic carbocycles. The van der Waals surface area contributed by atoms with Crippen molar-refractivity contribution in [1.29, 1.82) is 0 Å². The van der Waals surface area contributed by atoms with E-state index in [-0.39, 0.29) is 5.75 Å². The van der Waals surface area contributed by atoms with Crippen molar-refractivity contribution in [1.82, 2.24) is 4.72 Å². The van der Waals surface area contributed by atoms with Gasteiger partial charge in [0, 0.05) is 0 Å². The number of alkyl halides is 3. The van der Waals surface area contributed by atoms with Gasteiger partial charge in [-0.15, -0.1) is 13.2 Å². The van der Waals surface area contributed by atoms with Crippen LogP contribution < -0.4 is 9.46 Å². The molecule has 0 aliphatic heterocycles. The summed E-state index contributed by atoms with van der Waals surface area (Å²) in [6.07, 6.45) is -4.65. The predicted molar refractivity (Wildman–Crippen MR) is 48.0 cm³/mol. The van der Waals surface area contributed by atoms with E-state index in [1.54, 1.807) is 19.2 Å². The lowest BCUT2D eigenvalue weighted by molar-refractivity contribution is -0.275. The Morgan fingerprint density at radius 2 is 1.93 bits per heavy atom. The van der Waals surface area contributed by atoms with Crippen LogP contribution in [0, 0.1) is 0 Å². The summed E-state index contributed by atoms with van der Waals surface area (Å²) in [6, 6.07) is 5.94. The fourth-order valence-corrected chi connectivity index (χ4v) is 1.43. The molecule has 0 heterocycles. The summed E-state index contributed by atoms with van der Waals surface area (Å²) in [5.41, 5.74) is 0. The third-order valence-electron chi connectivity index (χ3n) is 1.29. The minimum atomic E-state index is -4.65. The molecule has 1 rings (SSSR count). The molecule has 6 heteroatoms. The predicted octanol–water partition coefficient (Wildman–Crippen LogP) is 2.81. The van der Waals surface area contributed by atoms with Crippen molar-refractivity contribution in [2.24, 2.45) is 0 Å². The van der Waals surface area contributed by atoms with E-state index in [0.29, 0.717) is 4.90 Å². The van der Waals surface area contributed by atoms with Crippen LogP contribution in [0.3, 0.4) is 0 Å². The number of para-hydroxylation sites is 1. The molecule has 14 heavy (non-hydrogen) atoms. The first-order chi connectivity index (χ1) is 6.53. The van der Waals surface area contributed by atoms with Crippen LogP contribution >= 0.6 is 11.9 Å². The lowest BCUT2D eigenvalue weighted by atomic mass is 10.3. The molecule has 1 aromatic rings. The highest BCUT2D eigenvalue weighted by atomic mass is 32.2. The van der Waals surface area contributed by atoms with Gasteiger partial charge < -0.3 is 4.74 Å². The fourth-order valence-electron chi connectivity index (χ4n) is 0.853. The van der Waals surface area contributed by atoms with E-state index in [1.165, 1.54) is 12.1 Å². The molecule has 0 fully saturated rings. The minimum Gasteiger partial charge on any atom is -0.405 e. The molecular weight excluding hydrogens is 215 g/mol. The van der Waals surface area contributed by atoms with Crippen LogP contribution in [0.25, 0.3) is 0 Å². The van der Waals surface area contributed by atoms with Crippen LogP contribution in [0.15, 0.2) is 29.2 Å². The molecule has 78 valence electrons. The molecular formula is C8H8F3NOS. The van der Waals surface area contributed by atoms with Gasteiger partial charge in [0.1, 0.15) is 5.75 Å². The van der Waals surface area contributed by atoms with Crippen molar-refractivity contribution in [2.45, 2.75) is 11.3 Å². The van der Waals surface area contributed by atoms with Crippen molar-refractivity contribution in [3.63, 3.8) is 0 Å². The van der Waals surface area contributed by atoms with Gasteiger partial charge in [-0.2, -0.15) is 0 Å². The first-order valence-electron chi connectivity index (χ1n) is 3.71. The molecule has 0 saturated carbocycles. The average Bonchev–Trinajstić information content (AvgIpc) is 2.06. The van der Waals surface area contributed by atoms with Gasteiger partial charge in [-0.05, 0) is 31.1 Å². The van der Waals surface area contributed by atoms with Crippen LogP contribution in [0.1, 0.15) is 0 Å². The van der Waals surface area contributed by atoms with Gasteiger partial charge in [-0.1, -0.05) is 12.1 Å². The van der Waals surface area contributed by atoms with E-state index in [1.807, 2.05) is 0 Å². The van der Waals surface area contributed by atoms with Gasteiger partial charge in [0.05, 0.1) is 4.90 Å². The molecule has 0 radical (unpaired) electrons. The van der Waals surface area contributed by atoms with Crippen LogP contribution in [0.2, 0.25) is 0 Å². The van der Waals surface area contributed by atoms with Gasteiger partial charge in [0.2, 0.25) is 0 Å². The molecule has 0 aliphatic carbocycles. The summed E-state index contributed by atoms with van der Waals surface area (Å²) in [5.74, 6) is -0.195. The first kappa shape index (κ1) is 11.2. The maximum absolute atomic E-state index is 11.9. The first-order valence-corrected chi connectivity index (χ1v) is 4.53. The zero-order chi connectivity index (χ0) is 10.6. The lowest BCUT2D eigenvalue weighted by Crippen LogP contribution is -2.17. The summed E-state index contributed by atoms with van der Waals surface area (Å²) in [7, 11) is 1.62. The van der Waals surface area contributed by atoms with Gasteiger partial charge in [0.15, 0.2) is 0 Å². The third-order valence-corrected chi connectivity index (χ3v) is 2.05. The van der Waals surface area contributed by atoms with Crippen molar-refractivity contribution in [3.05, 3.63) is 24.3 Å². The van der Waals surface area contributed by atoms with Gasteiger partial charge >= 0.3 is 6.36 Å². The van der Waals surface area contributed by atoms with E-state index >= 15 is 0 Å². The zero-order valence-corrected chi connectivity index (χ0v) is 8.08. The Bertz CT molecular complexity index is 303. The Labute approximate surface area is 83.6 Å². The van der Waals surface area contributed by atoms with Crippen molar-refractivity contribution in [3.8, 4) is 5.75 Å². The van der Waals surface area contributed by atoms with E-state index < -0.39 is 6.36 Å². The number of ether oxygens (including phenoxy) is 1. The Morgan fingerprint density at radius 1 is 1.29 bits per heavy atom. The summed E-state index contributed by atoms with van der Waals surface area (Å²) < 4.78 is 42.2. The summed E-state index contributed by atoms with van der Waals surface area (Å²) in [4.78, 5) is 0.396. The lowest BCUT2D eigenvalue weighted by Gasteiger charge is -2.11. The maximum atomic E-state index is 11.9. The fraction of sp³-hybridized carbons (Fsp3) is 0.250. The van der Waals surface area contributed by atoms with E-state index in [9.17, 15) is 13.2 Å². The highest BCUT2D eigenvalue weighted by Crippen LogP contribution is 2.31. The van der Waals surface area contributed by atoms with E-state index in [0.717, 1.165) is 11.9 Å². The molecule has 0 saturated heterocycles. The Kier molecular flexibility index (Phi) is 3.65. The number of benzene rings is 1. The normalized spacial score (nSPS) is 11.4. The number of hydrogen-bond acceptors (Lipinski definition) is 3. The molecule has 0 bridgehead atoms. The third kappa shape index (κ3) is 3.47. The molecule has 0 spiro atoms. The molecule has 0 aromatic heterocycles. The smallest absolute Gasteiger partial charge is 0.405 e. The number of rotatable bonds is 3. The topological polar surface area (TPSA) is 21.3 Å². The van der Waals surface area contributed by atoms with Gasteiger partial charge in [-0.25, -0.2) is 0 Å². The molecule has 0 atom stereocenters. The second kappa shape index (κ2) is 4.56. The van der Waals surface area contributed by atoms with Crippen LogP contribution in [0.5, 0.6) is 5.75 Å². The summed E-state index contributed by atoms with van der Waals surface area (Å²) >= 11 is 1.07. The van der Waals surface area contributed by atoms with E-state index in [4.69, 9.17) is 0 Å².